The zero-order valence-corrected chi connectivity index (χ0v) is 5.39. The molecule has 0 amide bonds. The SMILES string of the molecule is C1#[N+]CC12CCOCC2. The number of rotatable bonds is 0. The van der Waals surface area contributed by atoms with Crippen LogP contribution in [0.5, 0.6) is 0 Å². The van der Waals surface area contributed by atoms with Gasteiger partial charge in [-0.1, -0.05) is 4.85 Å². The van der Waals surface area contributed by atoms with Crippen molar-refractivity contribution < 1.29 is 4.74 Å². The van der Waals surface area contributed by atoms with Gasteiger partial charge in [-0.2, -0.15) is 0 Å². The van der Waals surface area contributed by atoms with Crippen molar-refractivity contribution >= 4 is 0 Å². The first-order valence-electron chi connectivity index (χ1n) is 3.43. The molecule has 0 unspecified atom stereocenters. The van der Waals surface area contributed by atoms with E-state index in [0.717, 1.165) is 32.6 Å². The predicted octanol–water partition coefficient (Wildman–Crippen LogP) is 1.13. The van der Waals surface area contributed by atoms with Crippen LogP contribution in [-0.2, 0) is 4.74 Å². The van der Waals surface area contributed by atoms with Crippen LogP contribution in [-0.4, -0.2) is 19.8 Å². The molecule has 0 atom stereocenters. The van der Waals surface area contributed by atoms with Crippen LogP contribution in [0, 0.1) is 11.5 Å². The fraction of sp³-hybridized carbons (Fsp3) is 0.857. The molecular weight excluding hydrogens is 114 g/mol. The molecule has 2 aliphatic rings. The first-order valence-corrected chi connectivity index (χ1v) is 3.43. The molecule has 2 rings (SSSR count). The van der Waals surface area contributed by atoms with Crippen LogP contribution in [0.25, 0.3) is 4.85 Å². The highest BCUT2D eigenvalue weighted by molar-refractivity contribution is 5.18. The molecule has 0 radical (unpaired) electrons. The third-order valence-corrected chi connectivity index (χ3v) is 2.15. The quantitative estimate of drug-likeness (QED) is 0.472. The minimum absolute atomic E-state index is 0.359. The fourth-order valence-electron chi connectivity index (χ4n) is 1.33. The van der Waals surface area contributed by atoms with Crippen molar-refractivity contribution in [3.05, 3.63) is 4.85 Å². The molecule has 0 aliphatic carbocycles. The van der Waals surface area contributed by atoms with Gasteiger partial charge in [0.25, 0.3) is 12.6 Å². The lowest BCUT2D eigenvalue weighted by Gasteiger charge is -2.24. The van der Waals surface area contributed by atoms with Gasteiger partial charge in [-0.15, -0.1) is 0 Å². The van der Waals surface area contributed by atoms with E-state index in [1.165, 1.54) is 0 Å². The Kier molecular flexibility index (Phi) is 1.000. The Hall–Kier alpha value is -0.550. The van der Waals surface area contributed by atoms with Crippen molar-refractivity contribution in [3.63, 3.8) is 0 Å². The van der Waals surface area contributed by atoms with Crippen molar-refractivity contribution in [2.45, 2.75) is 12.8 Å². The summed E-state index contributed by atoms with van der Waals surface area (Å²) in [5, 5.41) is 0. The zero-order valence-electron chi connectivity index (χ0n) is 5.39. The molecular formula is C7H10NO+. The van der Waals surface area contributed by atoms with E-state index in [-0.39, 0.29) is 0 Å². The molecule has 0 N–H and O–H groups in total. The van der Waals surface area contributed by atoms with E-state index in [0.29, 0.717) is 5.41 Å². The number of hydrogen-bond donors (Lipinski definition) is 0. The molecule has 0 aromatic carbocycles. The minimum Gasteiger partial charge on any atom is -0.381 e. The summed E-state index contributed by atoms with van der Waals surface area (Å²) in [5.74, 6) is 0. The van der Waals surface area contributed by atoms with Crippen molar-refractivity contribution in [1.82, 2.24) is 0 Å². The van der Waals surface area contributed by atoms with Gasteiger partial charge in [0.05, 0.1) is 0 Å². The van der Waals surface area contributed by atoms with E-state index in [4.69, 9.17) is 4.74 Å². The van der Waals surface area contributed by atoms with E-state index >= 15 is 0 Å². The molecule has 0 aromatic rings. The van der Waals surface area contributed by atoms with Crippen LogP contribution < -0.4 is 0 Å². The summed E-state index contributed by atoms with van der Waals surface area (Å²) in [6, 6.07) is 3.11. The highest BCUT2D eigenvalue weighted by Crippen LogP contribution is 2.34. The highest BCUT2D eigenvalue weighted by Gasteiger charge is 2.46. The van der Waals surface area contributed by atoms with Gasteiger partial charge in [-0.05, 0) is 0 Å². The lowest BCUT2D eigenvalue weighted by atomic mass is 9.79. The lowest BCUT2D eigenvalue weighted by molar-refractivity contribution is 0.0433. The van der Waals surface area contributed by atoms with Crippen LogP contribution in [0.4, 0.5) is 0 Å². The molecule has 0 saturated carbocycles. The topological polar surface area (TPSA) is 13.6 Å². The van der Waals surface area contributed by atoms with Crippen LogP contribution in [0.15, 0.2) is 0 Å². The Morgan fingerprint density at radius 1 is 1.33 bits per heavy atom. The van der Waals surface area contributed by atoms with Crippen LogP contribution in [0.2, 0.25) is 0 Å². The van der Waals surface area contributed by atoms with Crippen molar-refractivity contribution in [1.29, 1.82) is 0 Å². The maximum Gasteiger partial charge on any atom is 0.288 e. The molecule has 2 nitrogen and oxygen atoms in total. The number of nitrogens with zero attached hydrogens (tertiary/aromatic N) is 1. The second kappa shape index (κ2) is 1.71. The molecule has 1 saturated heterocycles. The van der Waals surface area contributed by atoms with E-state index in [2.05, 4.69) is 10.9 Å². The van der Waals surface area contributed by atoms with Crippen molar-refractivity contribution in [2.24, 2.45) is 5.41 Å². The fourth-order valence-corrected chi connectivity index (χ4v) is 1.33. The normalized spacial score (nSPS) is 28.4. The highest BCUT2D eigenvalue weighted by atomic mass is 16.5. The smallest absolute Gasteiger partial charge is 0.288 e. The average Bonchev–Trinajstić information content (AvgIpc) is 1.87. The predicted molar refractivity (Wildman–Crippen MR) is 34.6 cm³/mol. The van der Waals surface area contributed by atoms with Crippen LogP contribution in [0.1, 0.15) is 12.8 Å². The summed E-state index contributed by atoms with van der Waals surface area (Å²) >= 11 is 0. The summed E-state index contributed by atoms with van der Waals surface area (Å²) in [4.78, 5) is 3.99. The monoisotopic (exact) mass is 124 g/mol. The van der Waals surface area contributed by atoms with Gasteiger partial charge in [-0.25, -0.2) is 0 Å². The molecule has 2 heterocycles. The summed E-state index contributed by atoms with van der Waals surface area (Å²) in [5.41, 5.74) is 0.359. The van der Waals surface area contributed by atoms with E-state index in [1.807, 2.05) is 0 Å². The minimum atomic E-state index is 0.359. The van der Waals surface area contributed by atoms with Gasteiger partial charge in [0.1, 0.15) is 0 Å². The van der Waals surface area contributed by atoms with Crippen LogP contribution in [0.3, 0.4) is 0 Å². The standard InChI is InChI=1S/C7H10NO/c1-3-9-4-2-7(1)5-8-6-7/h1-5H2/q+1. The molecule has 1 fully saturated rings. The maximum atomic E-state index is 5.22. The van der Waals surface area contributed by atoms with Gasteiger partial charge in [-0.3, -0.25) is 0 Å². The summed E-state index contributed by atoms with van der Waals surface area (Å²) in [6.45, 7) is 2.81. The van der Waals surface area contributed by atoms with Gasteiger partial charge in [0.2, 0.25) is 0 Å². The Morgan fingerprint density at radius 3 is 2.33 bits per heavy atom. The van der Waals surface area contributed by atoms with E-state index < -0.39 is 0 Å². The van der Waals surface area contributed by atoms with Crippen molar-refractivity contribution in [2.75, 3.05) is 19.8 Å². The van der Waals surface area contributed by atoms with Crippen LogP contribution >= 0.6 is 0 Å². The molecule has 0 aromatic heterocycles. The number of hydrogen-bond acceptors (Lipinski definition) is 1. The Labute approximate surface area is 54.6 Å². The Morgan fingerprint density at radius 2 is 2.00 bits per heavy atom. The third kappa shape index (κ3) is 0.727. The van der Waals surface area contributed by atoms with Crippen molar-refractivity contribution in [3.8, 4) is 6.07 Å². The lowest BCUT2D eigenvalue weighted by Crippen LogP contribution is -2.34. The molecule has 0 bridgehead atoms. The number of ether oxygens (including phenoxy) is 1. The third-order valence-electron chi connectivity index (χ3n) is 2.15. The van der Waals surface area contributed by atoms with Gasteiger partial charge in [0.15, 0.2) is 5.41 Å². The largest absolute Gasteiger partial charge is 0.381 e. The molecule has 48 valence electrons. The molecule has 2 heteroatoms. The summed E-state index contributed by atoms with van der Waals surface area (Å²) in [6.07, 6.45) is 2.27. The molecule has 2 aliphatic heterocycles. The second-order valence-electron chi connectivity index (χ2n) is 2.82. The zero-order chi connectivity index (χ0) is 6.16. The first kappa shape index (κ1) is 5.25. The summed E-state index contributed by atoms with van der Waals surface area (Å²) in [7, 11) is 0. The average molecular weight is 124 g/mol. The van der Waals surface area contributed by atoms with Gasteiger partial charge < -0.3 is 4.74 Å². The molecule has 1 spiro atoms. The van der Waals surface area contributed by atoms with Gasteiger partial charge >= 0.3 is 0 Å². The maximum absolute atomic E-state index is 5.22. The van der Waals surface area contributed by atoms with E-state index in [9.17, 15) is 0 Å². The molecule has 9 heavy (non-hydrogen) atoms. The van der Waals surface area contributed by atoms with E-state index in [1.54, 1.807) is 0 Å². The second-order valence-corrected chi connectivity index (χ2v) is 2.82. The Bertz CT molecular complexity index is 171. The van der Waals surface area contributed by atoms with Gasteiger partial charge in [0, 0.05) is 26.1 Å². The summed E-state index contributed by atoms with van der Waals surface area (Å²) < 4.78 is 5.22. The Balaban J connectivity index is 2.06. The first-order chi connectivity index (χ1) is 4.41.